The first-order valence-corrected chi connectivity index (χ1v) is 5.11. The minimum atomic E-state index is -0.572. The van der Waals surface area contributed by atoms with E-state index >= 15 is 0 Å². The minimum Gasteiger partial charge on any atom is -0.493 e. The van der Waals surface area contributed by atoms with E-state index in [0.717, 1.165) is 0 Å². The van der Waals surface area contributed by atoms with Gasteiger partial charge in [0.2, 0.25) is 0 Å². The number of methoxy groups -OCH3 is 2. The van der Waals surface area contributed by atoms with Gasteiger partial charge in [-0.05, 0) is 12.5 Å². The van der Waals surface area contributed by atoms with Crippen LogP contribution in [0.4, 0.5) is 0 Å². The number of rotatable bonds is 4. The third-order valence-corrected chi connectivity index (χ3v) is 2.58. The van der Waals surface area contributed by atoms with Gasteiger partial charge in [-0.2, -0.15) is 0 Å². The highest BCUT2D eigenvalue weighted by Crippen LogP contribution is 2.36. The summed E-state index contributed by atoms with van der Waals surface area (Å²) in [5.41, 5.74) is 0.664. The van der Waals surface area contributed by atoms with E-state index in [-0.39, 0.29) is 0 Å². The van der Waals surface area contributed by atoms with Gasteiger partial charge in [-0.3, -0.25) is 0 Å². The molecule has 0 bridgehead atoms. The Labute approximate surface area is 94.6 Å². The lowest BCUT2D eigenvalue weighted by Gasteiger charge is -2.14. The number of aliphatic hydroxyl groups is 1. The summed E-state index contributed by atoms with van der Waals surface area (Å²) in [5.74, 6) is 1.14. The molecule has 15 heavy (non-hydrogen) atoms. The van der Waals surface area contributed by atoms with Crippen molar-refractivity contribution in [2.24, 2.45) is 0 Å². The van der Waals surface area contributed by atoms with Crippen LogP contribution in [0.2, 0.25) is 5.02 Å². The molecule has 0 saturated carbocycles. The molecule has 0 radical (unpaired) electrons. The van der Waals surface area contributed by atoms with Crippen molar-refractivity contribution in [1.29, 1.82) is 0 Å². The van der Waals surface area contributed by atoms with Crippen LogP contribution in [0.15, 0.2) is 12.1 Å². The standard InChI is InChI=1S/C11H15ClO3/c1-4-9(13)7-5-10(14-2)11(15-3)6-8(7)12/h5-6,9,13H,4H2,1-3H3. The molecule has 0 aliphatic heterocycles. The van der Waals surface area contributed by atoms with E-state index in [1.165, 1.54) is 0 Å². The van der Waals surface area contributed by atoms with Crippen LogP contribution < -0.4 is 9.47 Å². The SMILES string of the molecule is CCC(O)c1cc(OC)c(OC)cc1Cl. The smallest absolute Gasteiger partial charge is 0.162 e. The van der Waals surface area contributed by atoms with Crippen LogP contribution in [-0.2, 0) is 0 Å². The second-order valence-electron chi connectivity index (χ2n) is 3.15. The Bertz CT molecular complexity index is 339. The van der Waals surface area contributed by atoms with Crippen molar-refractivity contribution in [1.82, 2.24) is 0 Å². The van der Waals surface area contributed by atoms with Gasteiger partial charge in [0.05, 0.1) is 25.3 Å². The predicted octanol–water partition coefficient (Wildman–Crippen LogP) is 2.80. The summed E-state index contributed by atoms with van der Waals surface area (Å²) >= 11 is 6.02. The molecule has 1 rings (SSSR count). The van der Waals surface area contributed by atoms with E-state index < -0.39 is 6.10 Å². The third kappa shape index (κ3) is 2.55. The molecule has 0 saturated heterocycles. The van der Waals surface area contributed by atoms with Crippen LogP contribution >= 0.6 is 11.6 Å². The highest BCUT2D eigenvalue weighted by atomic mass is 35.5. The lowest BCUT2D eigenvalue weighted by atomic mass is 10.1. The normalized spacial score (nSPS) is 12.3. The number of halogens is 1. The molecule has 0 amide bonds. The van der Waals surface area contributed by atoms with E-state index in [2.05, 4.69) is 0 Å². The number of hydrogen-bond donors (Lipinski definition) is 1. The summed E-state index contributed by atoms with van der Waals surface area (Å²) in [7, 11) is 3.10. The molecule has 1 atom stereocenters. The molecule has 0 heterocycles. The Morgan fingerprint density at radius 1 is 1.27 bits per heavy atom. The number of ether oxygens (including phenoxy) is 2. The first-order chi connectivity index (χ1) is 7.13. The van der Waals surface area contributed by atoms with Gasteiger partial charge in [0.25, 0.3) is 0 Å². The fourth-order valence-corrected chi connectivity index (χ4v) is 1.62. The quantitative estimate of drug-likeness (QED) is 0.865. The molecule has 0 aromatic heterocycles. The fraction of sp³-hybridized carbons (Fsp3) is 0.455. The predicted molar refractivity (Wildman–Crippen MR) is 59.8 cm³/mol. The van der Waals surface area contributed by atoms with Crippen molar-refractivity contribution in [3.63, 3.8) is 0 Å². The fourth-order valence-electron chi connectivity index (χ4n) is 1.35. The van der Waals surface area contributed by atoms with E-state index in [1.807, 2.05) is 6.92 Å². The largest absolute Gasteiger partial charge is 0.493 e. The molecule has 0 fully saturated rings. The zero-order chi connectivity index (χ0) is 11.4. The Morgan fingerprint density at radius 2 is 1.80 bits per heavy atom. The molecule has 0 aliphatic rings. The Balaban J connectivity index is 3.19. The van der Waals surface area contributed by atoms with Gasteiger partial charge in [0.15, 0.2) is 11.5 Å². The van der Waals surface area contributed by atoms with Crippen molar-refractivity contribution in [3.05, 3.63) is 22.7 Å². The van der Waals surface area contributed by atoms with Crippen LogP contribution in [-0.4, -0.2) is 19.3 Å². The highest BCUT2D eigenvalue weighted by molar-refractivity contribution is 6.31. The van der Waals surface area contributed by atoms with Gasteiger partial charge in [0, 0.05) is 11.6 Å². The van der Waals surface area contributed by atoms with Gasteiger partial charge in [-0.1, -0.05) is 18.5 Å². The Hall–Kier alpha value is -0.930. The molecule has 84 valence electrons. The molecule has 4 heteroatoms. The average molecular weight is 231 g/mol. The van der Waals surface area contributed by atoms with Crippen molar-refractivity contribution >= 4 is 11.6 Å². The lowest BCUT2D eigenvalue weighted by molar-refractivity contribution is 0.173. The molecular formula is C11H15ClO3. The van der Waals surface area contributed by atoms with Crippen molar-refractivity contribution < 1.29 is 14.6 Å². The summed E-state index contributed by atoms with van der Waals surface area (Å²) in [5, 5.41) is 10.2. The number of aliphatic hydroxyl groups excluding tert-OH is 1. The van der Waals surface area contributed by atoms with Gasteiger partial charge < -0.3 is 14.6 Å². The van der Waals surface area contributed by atoms with Gasteiger partial charge in [-0.25, -0.2) is 0 Å². The second kappa shape index (κ2) is 5.24. The molecule has 3 nitrogen and oxygen atoms in total. The molecule has 1 unspecified atom stereocenters. The maximum atomic E-state index is 9.71. The topological polar surface area (TPSA) is 38.7 Å². The highest BCUT2D eigenvalue weighted by Gasteiger charge is 2.14. The van der Waals surface area contributed by atoms with Crippen LogP contribution in [0.1, 0.15) is 25.0 Å². The first-order valence-electron chi connectivity index (χ1n) is 4.73. The summed E-state index contributed by atoms with van der Waals surface area (Å²) in [6.07, 6.45) is 0.0344. The minimum absolute atomic E-state index is 0.488. The molecular weight excluding hydrogens is 216 g/mol. The summed E-state index contributed by atoms with van der Waals surface area (Å²) in [6, 6.07) is 3.35. The lowest BCUT2D eigenvalue weighted by Crippen LogP contribution is -1.99. The third-order valence-electron chi connectivity index (χ3n) is 2.25. The van der Waals surface area contributed by atoms with Crippen molar-refractivity contribution in [3.8, 4) is 11.5 Å². The summed E-state index contributed by atoms with van der Waals surface area (Å²) in [6.45, 7) is 1.89. The summed E-state index contributed by atoms with van der Waals surface area (Å²) < 4.78 is 10.2. The zero-order valence-corrected chi connectivity index (χ0v) is 9.84. The molecule has 1 aromatic carbocycles. The maximum absolute atomic E-state index is 9.71. The van der Waals surface area contributed by atoms with Gasteiger partial charge in [0.1, 0.15) is 0 Å². The van der Waals surface area contributed by atoms with E-state index in [0.29, 0.717) is 28.5 Å². The number of hydrogen-bond acceptors (Lipinski definition) is 3. The van der Waals surface area contributed by atoms with Gasteiger partial charge >= 0.3 is 0 Å². The molecule has 0 aliphatic carbocycles. The van der Waals surface area contributed by atoms with Crippen LogP contribution in [0.5, 0.6) is 11.5 Å². The Kier molecular flexibility index (Phi) is 4.24. The average Bonchev–Trinajstić information content (AvgIpc) is 2.27. The molecule has 0 spiro atoms. The van der Waals surface area contributed by atoms with Crippen molar-refractivity contribution in [2.75, 3.05) is 14.2 Å². The van der Waals surface area contributed by atoms with E-state index in [4.69, 9.17) is 21.1 Å². The van der Waals surface area contributed by atoms with E-state index in [1.54, 1.807) is 26.4 Å². The van der Waals surface area contributed by atoms with Gasteiger partial charge in [-0.15, -0.1) is 0 Å². The van der Waals surface area contributed by atoms with Crippen LogP contribution in [0.3, 0.4) is 0 Å². The van der Waals surface area contributed by atoms with E-state index in [9.17, 15) is 5.11 Å². The maximum Gasteiger partial charge on any atom is 0.162 e. The summed E-state index contributed by atoms with van der Waals surface area (Å²) in [4.78, 5) is 0. The Morgan fingerprint density at radius 3 is 2.27 bits per heavy atom. The second-order valence-corrected chi connectivity index (χ2v) is 3.56. The number of benzene rings is 1. The zero-order valence-electron chi connectivity index (χ0n) is 9.08. The monoisotopic (exact) mass is 230 g/mol. The molecule has 1 N–H and O–H groups in total. The molecule has 1 aromatic rings. The first kappa shape index (κ1) is 12.1. The van der Waals surface area contributed by atoms with Crippen molar-refractivity contribution in [2.45, 2.75) is 19.4 Å². The van der Waals surface area contributed by atoms with Crippen LogP contribution in [0, 0.1) is 0 Å². The van der Waals surface area contributed by atoms with Crippen LogP contribution in [0.25, 0.3) is 0 Å².